The number of hydrogen-bond acceptors (Lipinski definition) is 1. The molecule has 0 radical (unpaired) electrons. The lowest BCUT2D eigenvalue weighted by Crippen LogP contribution is -2.14. The summed E-state index contributed by atoms with van der Waals surface area (Å²) in [5.41, 5.74) is 5.05. The van der Waals surface area contributed by atoms with E-state index in [1.807, 2.05) is 0 Å². The summed E-state index contributed by atoms with van der Waals surface area (Å²) in [4.78, 5) is 0. The fourth-order valence-corrected chi connectivity index (χ4v) is 1.09. The molecule has 0 bridgehead atoms. The zero-order valence-corrected chi connectivity index (χ0v) is 8.38. The normalized spacial score (nSPS) is 12.1. The van der Waals surface area contributed by atoms with E-state index in [1.54, 1.807) is 6.92 Å². The molecule has 80 valence electrons. The van der Waals surface area contributed by atoms with Crippen LogP contribution in [0.3, 0.4) is 0 Å². The Balaban J connectivity index is 0.00000169. The Morgan fingerprint density at radius 3 is 2.21 bits per heavy atom. The first kappa shape index (κ1) is 13.3. The van der Waals surface area contributed by atoms with Gasteiger partial charge in [0.1, 0.15) is 5.82 Å². The topological polar surface area (TPSA) is 26.0 Å². The van der Waals surface area contributed by atoms with Gasteiger partial charge >= 0.3 is 0 Å². The zero-order valence-electron chi connectivity index (χ0n) is 7.56. The molecular formula is C9H11ClF3N. The smallest absolute Gasteiger partial charge is 0.166 e. The Bertz CT molecular complexity index is 317. The van der Waals surface area contributed by atoms with Crippen LogP contribution in [0, 0.1) is 17.5 Å². The minimum absolute atomic E-state index is 0. The van der Waals surface area contributed by atoms with Crippen LogP contribution in [0.5, 0.6) is 0 Å². The van der Waals surface area contributed by atoms with Crippen molar-refractivity contribution in [2.24, 2.45) is 5.73 Å². The van der Waals surface area contributed by atoms with Gasteiger partial charge in [0.05, 0.1) is 0 Å². The summed E-state index contributed by atoms with van der Waals surface area (Å²) in [6.45, 7) is 1.68. The maximum absolute atomic E-state index is 13.0. The maximum Gasteiger partial charge on any atom is 0.166 e. The van der Waals surface area contributed by atoms with E-state index in [0.29, 0.717) is 6.42 Å². The lowest BCUT2D eigenvalue weighted by atomic mass is 10.0. The molecule has 1 nitrogen and oxygen atoms in total. The molecule has 0 amide bonds. The fraction of sp³-hybridized carbons (Fsp3) is 0.333. The first-order valence-electron chi connectivity index (χ1n) is 3.96. The molecule has 0 aliphatic rings. The van der Waals surface area contributed by atoms with E-state index in [1.165, 1.54) is 0 Å². The molecule has 0 heterocycles. The van der Waals surface area contributed by atoms with Crippen LogP contribution in [-0.2, 0) is 0 Å². The summed E-state index contributed by atoms with van der Waals surface area (Å²) < 4.78 is 38.6. The van der Waals surface area contributed by atoms with Crippen LogP contribution < -0.4 is 5.73 Å². The van der Waals surface area contributed by atoms with E-state index < -0.39 is 23.5 Å². The minimum atomic E-state index is -1.19. The van der Waals surface area contributed by atoms with Crippen molar-refractivity contribution in [1.82, 2.24) is 0 Å². The lowest BCUT2D eigenvalue weighted by molar-refractivity contribution is 0.462. The van der Waals surface area contributed by atoms with Crippen molar-refractivity contribution in [1.29, 1.82) is 0 Å². The molecular weight excluding hydrogens is 215 g/mol. The highest BCUT2D eigenvalue weighted by Crippen LogP contribution is 2.22. The van der Waals surface area contributed by atoms with Crippen molar-refractivity contribution in [2.75, 3.05) is 0 Å². The quantitative estimate of drug-likeness (QED) is 0.770. The van der Waals surface area contributed by atoms with E-state index in [0.717, 1.165) is 12.1 Å². The molecule has 5 heteroatoms. The lowest BCUT2D eigenvalue weighted by Gasteiger charge is -2.11. The third-order valence-corrected chi connectivity index (χ3v) is 1.89. The third-order valence-electron chi connectivity index (χ3n) is 1.89. The highest BCUT2D eigenvalue weighted by molar-refractivity contribution is 5.85. The van der Waals surface area contributed by atoms with Gasteiger partial charge in [0.15, 0.2) is 11.6 Å². The highest BCUT2D eigenvalue weighted by Gasteiger charge is 2.18. The van der Waals surface area contributed by atoms with Gasteiger partial charge in [-0.05, 0) is 18.6 Å². The summed E-state index contributed by atoms with van der Waals surface area (Å²) >= 11 is 0. The fourth-order valence-electron chi connectivity index (χ4n) is 1.09. The number of halogens is 4. The van der Waals surface area contributed by atoms with Crippen molar-refractivity contribution in [3.63, 3.8) is 0 Å². The molecule has 0 unspecified atom stereocenters. The molecule has 1 rings (SSSR count). The van der Waals surface area contributed by atoms with Crippen molar-refractivity contribution >= 4 is 12.4 Å². The third kappa shape index (κ3) is 2.39. The molecule has 1 atom stereocenters. The van der Waals surface area contributed by atoms with Crippen LogP contribution in [0.15, 0.2) is 12.1 Å². The van der Waals surface area contributed by atoms with Crippen LogP contribution in [-0.4, -0.2) is 0 Å². The van der Waals surface area contributed by atoms with Crippen LogP contribution in [0.4, 0.5) is 13.2 Å². The van der Waals surface area contributed by atoms with Gasteiger partial charge in [0, 0.05) is 11.6 Å². The average molecular weight is 226 g/mol. The summed E-state index contributed by atoms with van der Waals surface area (Å²) in [6, 6.07) is 0.829. The maximum atomic E-state index is 13.0. The molecule has 0 aliphatic carbocycles. The van der Waals surface area contributed by atoms with Gasteiger partial charge in [-0.1, -0.05) is 6.92 Å². The Morgan fingerprint density at radius 2 is 1.71 bits per heavy atom. The minimum Gasteiger partial charge on any atom is -0.324 e. The van der Waals surface area contributed by atoms with Crippen molar-refractivity contribution < 1.29 is 13.2 Å². The van der Waals surface area contributed by atoms with Gasteiger partial charge < -0.3 is 5.73 Å². The molecule has 0 aliphatic heterocycles. The number of rotatable bonds is 2. The molecule has 1 aromatic rings. The second-order valence-electron chi connectivity index (χ2n) is 2.77. The predicted molar refractivity (Wildman–Crippen MR) is 50.8 cm³/mol. The van der Waals surface area contributed by atoms with Crippen molar-refractivity contribution in [3.8, 4) is 0 Å². The van der Waals surface area contributed by atoms with Crippen molar-refractivity contribution in [3.05, 3.63) is 35.1 Å². The molecule has 0 spiro atoms. The van der Waals surface area contributed by atoms with Crippen LogP contribution in [0.25, 0.3) is 0 Å². The standard InChI is InChI=1S/C9H10F3N.ClH/c1-2-7(13)8-5(10)3-4-6(11)9(8)12;/h3-4,7H,2,13H2,1H3;1H/t7-;/m1./s1. The van der Waals surface area contributed by atoms with Crippen molar-refractivity contribution in [2.45, 2.75) is 19.4 Å². The van der Waals surface area contributed by atoms with E-state index in [-0.39, 0.29) is 18.0 Å². The van der Waals surface area contributed by atoms with Gasteiger partial charge in [-0.25, -0.2) is 13.2 Å². The second-order valence-corrected chi connectivity index (χ2v) is 2.77. The summed E-state index contributed by atoms with van der Waals surface area (Å²) in [6.07, 6.45) is 0.358. The first-order valence-corrected chi connectivity index (χ1v) is 3.96. The van der Waals surface area contributed by atoms with E-state index in [4.69, 9.17) is 5.73 Å². The van der Waals surface area contributed by atoms with E-state index in [2.05, 4.69) is 0 Å². The average Bonchev–Trinajstić information content (AvgIpc) is 2.12. The molecule has 0 saturated heterocycles. The van der Waals surface area contributed by atoms with Gasteiger partial charge in [0.25, 0.3) is 0 Å². The van der Waals surface area contributed by atoms with Crippen LogP contribution in [0.1, 0.15) is 24.9 Å². The Kier molecular flexibility index (Phi) is 4.94. The Hall–Kier alpha value is -0.740. The molecule has 14 heavy (non-hydrogen) atoms. The number of benzene rings is 1. The largest absolute Gasteiger partial charge is 0.324 e. The van der Waals surface area contributed by atoms with Crippen LogP contribution in [0.2, 0.25) is 0 Å². The van der Waals surface area contributed by atoms with Gasteiger partial charge in [-0.2, -0.15) is 0 Å². The molecule has 0 aromatic heterocycles. The van der Waals surface area contributed by atoms with E-state index >= 15 is 0 Å². The second kappa shape index (κ2) is 5.22. The molecule has 2 N–H and O–H groups in total. The molecule has 0 fully saturated rings. The van der Waals surface area contributed by atoms with Gasteiger partial charge in [-0.15, -0.1) is 12.4 Å². The molecule has 0 saturated carbocycles. The Morgan fingerprint density at radius 1 is 1.21 bits per heavy atom. The predicted octanol–water partition coefficient (Wildman–Crippen LogP) is 2.94. The summed E-state index contributed by atoms with van der Waals surface area (Å²) in [7, 11) is 0. The molecule has 1 aromatic carbocycles. The summed E-state index contributed by atoms with van der Waals surface area (Å²) in [5.74, 6) is -3.05. The number of nitrogens with two attached hydrogens (primary N) is 1. The zero-order chi connectivity index (χ0) is 10.0. The highest BCUT2D eigenvalue weighted by atomic mass is 35.5. The monoisotopic (exact) mass is 225 g/mol. The summed E-state index contributed by atoms with van der Waals surface area (Å²) in [5, 5.41) is 0. The first-order chi connectivity index (χ1) is 6.07. The Labute approximate surface area is 86.5 Å². The van der Waals surface area contributed by atoms with Crippen LogP contribution >= 0.6 is 12.4 Å². The van der Waals surface area contributed by atoms with Gasteiger partial charge in [-0.3, -0.25) is 0 Å². The number of hydrogen-bond donors (Lipinski definition) is 1. The van der Waals surface area contributed by atoms with Gasteiger partial charge in [0.2, 0.25) is 0 Å². The SMILES string of the molecule is CC[C@@H](N)c1c(F)ccc(F)c1F.Cl. The van der Waals surface area contributed by atoms with E-state index in [9.17, 15) is 13.2 Å².